The van der Waals surface area contributed by atoms with E-state index < -0.39 is 24.0 Å². The summed E-state index contributed by atoms with van der Waals surface area (Å²) in [5.41, 5.74) is -0.349. The van der Waals surface area contributed by atoms with Crippen LogP contribution in [0.1, 0.15) is 27.8 Å². The summed E-state index contributed by atoms with van der Waals surface area (Å²) in [6.07, 6.45) is 1.39. The number of nitrogens with one attached hydrogen (secondary N) is 1. The number of amides is 2. The first-order chi connectivity index (χ1) is 11.4. The van der Waals surface area contributed by atoms with Crippen molar-refractivity contribution in [1.82, 2.24) is 24.4 Å². The number of nitrogens with zero attached hydrogens (tertiary/aromatic N) is 4. The molecular formula is C15H18FN5O3. The van der Waals surface area contributed by atoms with E-state index in [9.17, 15) is 18.8 Å². The van der Waals surface area contributed by atoms with Crippen molar-refractivity contribution >= 4 is 17.5 Å². The highest BCUT2D eigenvalue weighted by Crippen LogP contribution is 2.28. The van der Waals surface area contributed by atoms with Crippen LogP contribution in [0.4, 0.5) is 4.39 Å². The number of halogens is 1. The molecule has 0 aliphatic carbocycles. The van der Waals surface area contributed by atoms with Crippen molar-refractivity contribution in [3.05, 3.63) is 33.9 Å². The lowest BCUT2D eigenvalue weighted by Crippen LogP contribution is -2.58. The number of H-pyrrole nitrogens is 1. The lowest BCUT2D eigenvalue weighted by atomic mass is 9.90. The fourth-order valence-corrected chi connectivity index (χ4v) is 2.81. The summed E-state index contributed by atoms with van der Waals surface area (Å²) in [5.74, 6) is -1.12. The molecule has 2 amide bonds. The summed E-state index contributed by atoms with van der Waals surface area (Å²) in [7, 11) is 3.07. The van der Waals surface area contributed by atoms with Crippen molar-refractivity contribution in [2.24, 2.45) is 5.92 Å². The quantitative estimate of drug-likeness (QED) is 0.865. The van der Waals surface area contributed by atoms with Crippen LogP contribution in [0.3, 0.4) is 0 Å². The van der Waals surface area contributed by atoms with Gasteiger partial charge in [0.1, 0.15) is 5.56 Å². The summed E-state index contributed by atoms with van der Waals surface area (Å²) < 4.78 is 13.8. The van der Waals surface area contributed by atoms with Gasteiger partial charge in [-0.2, -0.15) is 9.61 Å². The highest BCUT2D eigenvalue weighted by atomic mass is 19.1. The smallest absolute Gasteiger partial charge is 0.274 e. The molecule has 1 fully saturated rings. The zero-order valence-corrected chi connectivity index (χ0v) is 13.6. The van der Waals surface area contributed by atoms with E-state index in [-0.39, 0.29) is 35.4 Å². The van der Waals surface area contributed by atoms with Gasteiger partial charge in [0.25, 0.3) is 17.4 Å². The number of rotatable bonds is 3. The Morgan fingerprint density at radius 2 is 2.17 bits per heavy atom. The number of hydrogen-bond donors (Lipinski definition) is 1. The van der Waals surface area contributed by atoms with Gasteiger partial charge < -0.3 is 14.8 Å². The first-order valence-corrected chi connectivity index (χ1v) is 7.55. The monoisotopic (exact) mass is 335 g/mol. The minimum Gasteiger partial charge on any atom is -0.346 e. The standard InChI is InChI=1S/C15H18FN5O3/c1-8-9(6-16)7-20(8)14(23)11-12(15(24)19(2)3)18-21-10(22)4-5-17-13(11)21/h4-5,8-9,17H,6-7H2,1-3H3. The molecule has 0 bridgehead atoms. The third kappa shape index (κ3) is 2.27. The number of carbonyl (C=O) groups is 2. The van der Waals surface area contributed by atoms with E-state index in [1.807, 2.05) is 0 Å². The van der Waals surface area contributed by atoms with Gasteiger partial charge in [-0.05, 0) is 6.92 Å². The highest BCUT2D eigenvalue weighted by molar-refractivity contribution is 6.10. The molecule has 8 nitrogen and oxygen atoms in total. The zero-order chi connectivity index (χ0) is 17.6. The predicted molar refractivity (Wildman–Crippen MR) is 83.8 cm³/mol. The number of alkyl halides is 1. The average Bonchev–Trinajstić information content (AvgIpc) is 2.93. The summed E-state index contributed by atoms with van der Waals surface area (Å²) in [5, 5.41) is 4.02. The molecular weight excluding hydrogens is 317 g/mol. The van der Waals surface area contributed by atoms with Crippen molar-refractivity contribution in [2.75, 3.05) is 27.3 Å². The molecule has 0 saturated carbocycles. The van der Waals surface area contributed by atoms with Crippen LogP contribution in [-0.4, -0.2) is 69.6 Å². The maximum atomic E-state index is 12.9. The van der Waals surface area contributed by atoms with Crippen molar-refractivity contribution in [3.63, 3.8) is 0 Å². The lowest BCUT2D eigenvalue weighted by Gasteiger charge is -2.45. The molecule has 1 saturated heterocycles. The van der Waals surface area contributed by atoms with Crippen molar-refractivity contribution in [3.8, 4) is 0 Å². The van der Waals surface area contributed by atoms with Crippen LogP contribution >= 0.6 is 0 Å². The molecule has 1 aliphatic rings. The normalized spacial score (nSPS) is 20.1. The Morgan fingerprint density at radius 1 is 1.46 bits per heavy atom. The summed E-state index contributed by atoms with van der Waals surface area (Å²) in [4.78, 5) is 42.8. The summed E-state index contributed by atoms with van der Waals surface area (Å²) >= 11 is 0. The number of aromatic amines is 1. The van der Waals surface area contributed by atoms with Gasteiger partial charge in [0.2, 0.25) is 0 Å². The number of carbonyl (C=O) groups excluding carboxylic acids is 2. The topological polar surface area (TPSA) is 90.8 Å². The Bertz CT molecular complexity index is 872. The second-order valence-corrected chi connectivity index (χ2v) is 6.11. The van der Waals surface area contributed by atoms with E-state index in [0.717, 1.165) is 4.52 Å². The minimum absolute atomic E-state index is 0.0376. The van der Waals surface area contributed by atoms with Gasteiger partial charge in [0, 0.05) is 44.9 Å². The zero-order valence-electron chi connectivity index (χ0n) is 13.6. The van der Waals surface area contributed by atoms with Crippen LogP contribution in [0.5, 0.6) is 0 Å². The second kappa shape index (κ2) is 5.73. The molecule has 1 N–H and O–H groups in total. The average molecular weight is 335 g/mol. The van der Waals surface area contributed by atoms with Crippen molar-refractivity contribution < 1.29 is 14.0 Å². The van der Waals surface area contributed by atoms with E-state index in [0.29, 0.717) is 0 Å². The lowest BCUT2D eigenvalue weighted by molar-refractivity contribution is 0.0139. The van der Waals surface area contributed by atoms with Gasteiger partial charge in [-0.1, -0.05) is 0 Å². The van der Waals surface area contributed by atoms with Gasteiger partial charge in [-0.25, -0.2) is 0 Å². The number of aromatic nitrogens is 3. The number of hydrogen-bond acceptors (Lipinski definition) is 4. The molecule has 1 aliphatic heterocycles. The first-order valence-electron chi connectivity index (χ1n) is 7.55. The molecule has 0 spiro atoms. The van der Waals surface area contributed by atoms with E-state index in [2.05, 4.69) is 10.1 Å². The third-order valence-corrected chi connectivity index (χ3v) is 4.43. The summed E-state index contributed by atoms with van der Waals surface area (Å²) in [6, 6.07) is 0.985. The second-order valence-electron chi connectivity index (χ2n) is 6.11. The molecule has 128 valence electrons. The van der Waals surface area contributed by atoms with E-state index in [4.69, 9.17) is 0 Å². The molecule has 3 heterocycles. The number of likely N-dealkylation sites (tertiary alicyclic amines) is 1. The first kappa shape index (κ1) is 16.2. The molecule has 0 radical (unpaired) electrons. The van der Waals surface area contributed by atoms with E-state index in [1.54, 1.807) is 6.92 Å². The number of fused-ring (bicyclic) bond motifs is 1. The Hall–Kier alpha value is -2.71. The Morgan fingerprint density at radius 3 is 2.75 bits per heavy atom. The Balaban J connectivity index is 2.13. The van der Waals surface area contributed by atoms with Crippen LogP contribution in [0, 0.1) is 5.92 Å². The summed E-state index contributed by atoms with van der Waals surface area (Å²) in [6.45, 7) is 1.54. The van der Waals surface area contributed by atoms with Crippen LogP contribution < -0.4 is 5.56 Å². The minimum atomic E-state index is -0.500. The molecule has 2 atom stereocenters. The van der Waals surface area contributed by atoms with Gasteiger partial charge in [0.05, 0.1) is 6.67 Å². The fourth-order valence-electron chi connectivity index (χ4n) is 2.81. The van der Waals surface area contributed by atoms with Crippen LogP contribution in [0.2, 0.25) is 0 Å². The maximum Gasteiger partial charge on any atom is 0.274 e. The Kier molecular flexibility index (Phi) is 3.86. The third-order valence-electron chi connectivity index (χ3n) is 4.43. The molecule has 9 heteroatoms. The molecule has 2 aromatic rings. The SMILES string of the molecule is CC1C(CF)CN1C(=O)c1c(C(=O)N(C)C)nn2c(=O)cc[nH]c12. The largest absolute Gasteiger partial charge is 0.346 e. The van der Waals surface area contributed by atoms with E-state index in [1.165, 1.54) is 36.2 Å². The molecule has 2 unspecified atom stereocenters. The van der Waals surface area contributed by atoms with Crippen LogP contribution in [-0.2, 0) is 0 Å². The Labute approximate surface area is 136 Å². The van der Waals surface area contributed by atoms with Crippen molar-refractivity contribution in [1.29, 1.82) is 0 Å². The predicted octanol–water partition coefficient (Wildman–Crippen LogP) is 0.154. The van der Waals surface area contributed by atoms with Crippen LogP contribution in [0.15, 0.2) is 17.1 Å². The van der Waals surface area contributed by atoms with E-state index >= 15 is 0 Å². The molecule has 3 rings (SSSR count). The van der Waals surface area contributed by atoms with Crippen LogP contribution in [0.25, 0.3) is 5.65 Å². The fraction of sp³-hybridized carbons (Fsp3) is 0.467. The maximum absolute atomic E-state index is 12.9. The van der Waals surface area contributed by atoms with Gasteiger partial charge >= 0.3 is 0 Å². The van der Waals surface area contributed by atoms with Gasteiger partial charge in [0.15, 0.2) is 11.3 Å². The molecule has 2 aromatic heterocycles. The van der Waals surface area contributed by atoms with Gasteiger partial charge in [-0.15, -0.1) is 0 Å². The van der Waals surface area contributed by atoms with Gasteiger partial charge in [-0.3, -0.25) is 18.8 Å². The molecule has 0 aromatic carbocycles. The van der Waals surface area contributed by atoms with Crippen molar-refractivity contribution in [2.45, 2.75) is 13.0 Å². The highest BCUT2D eigenvalue weighted by Gasteiger charge is 2.41. The molecule has 24 heavy (non-hydrogen) atoms.